The predicted molar refractivity (Wildman–Crippen MR) is 143 cm³/mol. The van der Waals surface area contributed by atoms with Crippen LogP contribution in [0.4, 0.5) is 15.5 Å². The molecule has 0 bridgehead atoms. The van der Waals surface area contributed by atoms with Crippen molar-refractivity contribution in [3.63, 3.8) is 0 Å². The fourth-order valence-electron chi connectivity index (χ4n) is 3.51. The van der Waals surface area contributed by atoms with E-state index >= 15 is 0 Å². The minimum atomic E-state index is -0.960. The lowest BCUT2D eigenvalue weighted by Crippen LogP contribution is -2.44. The van der Waals surface area contributed by atoms with Crippen LogP contribution in [-0.4, -0.2) is 51.2 Å². The normalized spacial score (nSPS) is 12.3. The average molecular weight is 524 g/mol. The van der Waals surface area contributed by atoms with Crippen LogP contribution in [0.3, 0.4) is 0 Å². The molecule has 0 saturated carbocycles. The molecule has 1 aromatic carbocycles. The third-order valence-electron chi connectivity index (χ3n) is 5.10. The van der Waals surface area contributed by atoms with Crippen LogP contribution in [0.15, 0.2) is 36.7 Å². The Morgan fingerprint density at radius 2 is 1.47 bits per heavy atom. The Bertz CT molecular complexity index is 1160. The van der Waals surface area contributed by atoms with Gasteiger partial charge in [-0.1, -0.05) is 38.1 Å². The van der Waals surface area contributed by atoms with Crippen LogP contribution in [0.2, 0.25) is 0 Å². The summed E-state index contributed by atoms with van der Waals surface area (Å²) in [5.74, 6) is -0.740. The molecule has 0 saturated heterocycles. The van der Waals surface area contributed by atoms with E-state index in [1.165, 1.54) is 19.4 Å². The number of aromatic nitrogens is 2. The molecule has 2 rings (SSSR count). The minimum absolute atomic E-state index is 0.197. The lowest BCUT2D eigenvalue weighted by atomic mass is 9.88. The largest absolute Gasteiger partial charge is 0.443 e. The van der Waals surface area contributed by atoms with Crippen LogP contribution in [0.5, 0.6) is 0 Å². The molecule has 0 radical (unpaired) electrons. The van der Waals surface area contributed by atoms with Crippen LogP contribution in [0.1, 0.15) is 73.3 Å². The van der Waals surface area contributed by atoms with E-state index in [0.29, 0.717) is 16.9 Å². The molecule has 0 aliphatic carbocycles. The van der Waals surface area contributed by atoms with Gasteiger partial charge in [0, 0.05) is 25.0 Å². The molecule has 10 heteroatoms. The molecule has 1 heterocycles. The van der Waals surface area contributed by atoms with E-state index in [4.69, 9.17) is 9.47 Å². The number of carbonyl (C=O) groups is 3. The maximum Gasteiger partial charge on any atom is 0.427 e. The zero-order valence-electron chi connectivity index (χ0n) is 23.6. The molecule has 204 valence electrons. The third-order valence-corrected chi connectivity index (χ3v) is 5.10. The summed E-state index contributed by atoms with van der Waals surface area (Å²) in [7, 11) is 1.45. The molecule has 3 amide bonds. The number of amides is 3. The topological polar surface area (TPSA) is 126 Å². The van der Waals surface area contributed by atoms with Gasteiger partial charge in [0.1, 0.15) is 11.2 Å². The molecule has 1 aromatic heterocycles. The highest BCUT2D eigenvalue weighted by Crippen LogP contribution is 2.30. The van der Waals surface area contributed by atoms with Crippen molar-refractivity contribution in [2.45, 2.75) is 78.9 Å². The quantitative estimate of drug-likeness (QED) is 0.339. The Labute approximate surface area is 224 Å². The zero-order valence-corrected chi connectivity index (χ0v) is 23.6. The SMILES string of the molecule is CC(C)CC(C(=O)N(C)C#N)c1cccc(-c2cnc(N(C(=O)OC(C)(C)C)C(=O)OC(C)(C)C)nc2)c1. The van der Waals surface area contributed by atoms with E-state index in [9.17, 15) is 19.6 Å². The van der Waals surface area contributed by atoms with E-state index in [-0.39, 0.29) is 17.8 Å². The Hall–Kier alpha value is -4.00. The van der Waals surface area contributed by atoms with Gasteiger partial charge in [-0.2, -0.15) is 5.26 Å². The van der Waals surface area contributed by atoms with E-state index in [2.05, 4.69) is 9.97 Å². The number of hydrogen-bond donors (Lipinski definition) is 0. The molecule has 0 aliphatic rings. The van der Waals surface area contributed by atoms with Crippen molar-refractivity contribution in [2.75, 3.05) is 11.9 Å². The Kier molecular flexibility index (Phi) is 9.57. The maximum atomic E-state index is 12.9. The van der Waals surface area contributed by atoms with Crippen molar-refractivity contribution < 1.29 is 23.9 Å². The summed E-state index contributed by atoms with van der Waals surface area (Å²) < 4.78 is 10.8. The standard InChI is InChI=1S/C28H37N5O5/c1-18(2)13-22(23(34)32(9)17-29)20-12-10-11-19(14-20)21-15-30-24(31-16-21)33(25(35)37-27(3,4)5)26(36)38-28(6,7)8/h10-12,14-16,18,22H,13H2,1-9H3. The number of hydrogen-bond acceptors (Lipinski definition) is 8. The van der Waals surface area contributed by atoms with Gasteiger partial charge in [0.05, 0.1) is 5.92 Å². The Morgan fingerprint density at radius 1 is 0.947 bits per heavy atom. The molecular weight excluding hydrogens is 486 g/mol. The average Bonchev–Trinajstić information content (AvgIpc) is 2.79. The molecule has 1 atom stereocenters. The summed E-state index contributed by atoms with van der Waals surface area (Å²) in [6.07, 6.45) is 3.49. The number of nitrogens with zero attached hydrogens (tertiary/aromatic N) is 5. The number of rotatable bonds is 6. The monoisotopic (exact) mass is 523 g/mol. The lowest BCUT2D eigenvalue weighted by Gasteiger charge is -2.27. The second kappa shape index (κ2) is 12.0. The number of carbonyl (C=O) groups excluding carboxylic acids is 3. The summed E-state index contributed by atoms with van der Waals surface area (Å²) in [5, 5.41) is 9.21. The van der Waals surface area contributed by atoms with Gasteiger partial charge in [-0.25, -0.2) is 19.6 Å². The summed E-state index contributed by atoms with van der Waals surface area (Å²) in [6, 6.07) is 7.36. The third kappa shape index (κ3) is 8.54. The molecule has 0 aliphatic heterocycles. The van der Waals surface area contributed by atoms with Crippen molar-refractivity contribution in [3.8, 4) is 17.3 Å². The number of imide groups is 1. The molecule has 0 N–H and O–H groups in total. The van der Waals surface area contributed by atoms with Crippen LogP contribution in [0, 0.1) is 17.4 Å². The highest BCUT2D eigenvalue weighted by molar-refractivity contribution is 6.08. The number of likely N-dealkylation sites (N-methyl/N-ethyl adjacent to an activating group) is 1. The predicted octanol–water partition coefficient (Wildman–Crippen LogP) is 5.89. The van der Waals surface area contributed by atoms with Gasteiger partial charge >= 0.3 is 12.2 Å². The minimum Gasteiger partial charge on any atom is -0.443 e. The first-order chi connectivity index (χ1) is 17.5. The highest BCUT2D eigenvalue weighted by atomic mass is 16.6. The summed E-state index contributed by atoms with van der Waals surface area (Å²) in [4.78, 5) is 48.8. The van der Waals surface area contributed by atoms with Crippen LogP contribution in [0.25, 0.3) is 11.1 Å². The first-order valence-electron chi connectivity index (χ1n) is 12.4. The van der Waals surface area contributed by atoms with Gasteiger partial charge in [0.25, 0.3) is 0 Å². The maximum absolute atomic E-state index is 12.9. The molecular formula is C28H37N5O5. The van der Waals surface area contributed by atoms with Crippen LogP contribution in [-0.2, 0) is 14.3 Å². The number of anilines is 1. The zero-order chi connectivity index (χ0) is 28.8. The van der Waals surface area contributed by atoms with Gasteiger partial charge in [0.15, 0.2) is 6.19 Å². The summed E-state index contributed by atoms with van der Waals surface area (Å²) in [5.41, 5.74) is 0.379. The molecule has 38 heavy (non-hydrogen) atoms. The van der Waals surface area contributed by atoms with Crippen molar-refractivity contribution >= 4 is 24.0 Å². The summed E-state index contributed by atoms with van der Waals surface area (Å²) >= 11 is 0. The van der Waals surface area contributed by atoms with Gasteiger partial charge < -0.3 is 9.47 Å². The van der Waals surface area contributed by atoms with Crippen LogP contribution >= 0.6 is 0 Å². The summed E-state index contributed by atoms with van der Waals surface area (Å²) in [6.45, 7) is 14.1. The highest BCUT2D eigenvalue weighted by Gasteiger charge is 2.34. The van der Waals surface area contributed by atoms with Crippen molar-refractivity contribution in [1.82, 2.24) is 14.9 Å². The second-order valence-electron chi connectivity index (χ2n) is 11.4. The Balaban J connectivity index is 2.44. The number of ether oxygens (including phenoxy) is 2. The van der Waals surface area contributed by atoms with Crippen LogP contribution < -0.4 is 4.90 Å². The van der Waals surface area contributed by atoms with Crippen molar-refractivity contribution in [3.05, 3.63) is 42.2 Å². The molecule has 0 fully saturated rings. The van der Waals surface area contributed by atoms with E-state index in [0.717, 1.165) is 16.0 Å². The van der Waals surface area contributed by atoms with Gasteiger partial charge in [-0.15, -0.1) is 4.90 Å². The van der Waals surface area contributed by atoms with E-state index in [1.54, 1.807) is 41.5 Å². The number of nitriles is 1. The molecule has 1 unspecified atom stereocenters. The van der Waals surface area contributed by atoms with Crippen molar-refractivity contribution in [1.29, 1.82) is 5.26 Å². The first-order valence-corrected chi connectivity index (χ1v) is 12.4. The van der Waals surface area contributed by atoms with E-state index in [1.807, 2.05) is 44.3 Å². The van der Waals surface area contributed by atoms with Gasteiger partial charge in [-0.05, 0) is 65.0 Å². The lowest BCUT2D eigenvalue weighted by molar-refractivity contribution is -0.129. The molecule has 0 spiro atoms. The molecule has 10 nitrogen and oxygen atoms in total. The fraction of sp³-hybridized carbons (Fsp3) is 0.500. The first kappa shape index (κ1) is 30.2. The number of benzene rings is 1. The smallest absolute Gasteiger partial charge is 0.427 e. The van der Waals surface area contributed by atoms with Gasteiger partial charge in [-0.3, -0.25) is 9.69 Å². The van der Waals surface area contributed by atoms with E-state index < -0.39 is 29.3 Å². The Morgan fingerprint density at radius 3 is 1.92 bits per heavy atom. The van der Waals surface area contributed by atoms with Gasteiger partial charge in [0.2, 0.25) is 11.9 Å². The fourth-order valence-corrected chi connectivity index (χ4v) is 3.51. The second-order valence-corrected chi connectivity index (χ2v) is 11.4. The van der Waals surface area contributed by atoms with Crippen molar-refractivity contribution in [2.24, 2.45) is 5.92 Å². The molecule has 2 aromatic rings.